The molecule has 0 amide bonds. The first kappa shape index (κ1) is 23.3. The maximum atomic E-state index is 12.5. The van der Waals surface area contributed by atoms with E-state index >= 15 is 0 Å². The number of esters is 1. The summed E-state index contributed by atoms with van der Waals surface area (Å²) in [5, 5.41) is 1.42. The molecule has 2 aromatic carbocycles. The largest absolute Gasteiger partial charge is 0.513 e. The minimum Gasteiger partial charge on any atom is -0.437 e. The van der Waals surface area contributed by atoms with Crippen molar-refractivity contribution >= 4 is 22.9 Å². The van der Waals surface area contributed by atoms with E-state index in [4.69, 9.17) is 14.2 Å². The average Bonchev–Trinajstić information content (AvgIpc) is 2.75. The summed E-state index contributed by atoms with van der Waals surface area (Å²) in [6.07, 6.45) is 6.67. The van der Waals surface area contributed by atoms with Crippen molar-refractivity contribution in [1.82, 2.24) is 0 Å². The molecule has 5 nitrogen and oxygen atoms in total. The van der Waals surface area contributed by atoms with Gasteiger partial charge >= 0.3 is 12.1 Å². The molecule has 0 saturated carbocycles. The van der Waals surface area contributed by atoms with E-state index < -0.39 is 12.1 Å². The lowest BCUT2D eigenvalue weighted by Crippen LogP contribution is -2.16. The number of allylic oxidation sites excluding steroid dienone is 4. The normalized spacial score (nSPS) is 12.5. The van der Waals surface area contributed by atoms with Crippen molar-refractivity contribution in [2.24, 2.45) is 0 Å². The van der Waals surface area contributed by atoms with Crippen LogP contribution in [0, 0.1) is 6.92 Å². The van der Waals surface area contributed by atoms with Gasteiger partial charge in [0.25, 0.3) is 0 Å². The first-order chi connectivity index (χ1) is 15.2. The van der Waals surface area contributed by atoms with E-state index in [9.17, 15) is 9.59 Å². The smallest absolute Gasteiger partial charge is 0.437 e. The van der Waals surface area contributed by atoms with Gasteiger partial charge in [-0.3, -0.25) is 0 Å². The Bertz CT molecular complexity index is 1150. The summed E-state index contributed by atoms with van der Waals surface area (Å²) in [5.74, 6) is 0.490. The standard InChI is InChI=1S/C27H30O5/c1-16(2)8-7-9-19-11-13-21-23(15-19)24(31-26(28)17(3)4)20-12-10-18(5)14-22(20)25(21)32-27(29)30-6/h8,10-12,14H,3,7,9,13,15H2,1-2,4-6H3. The molecule has 0 heterocycles. The summed E-state index contributed by atoms with van der Waals surface area (Å²) in [6, 6.07) is 5.78. The molecular formula is C27H30O5. The Morgan fingerprint density at radius 1 is 1.06 bits per heavy atom. The molecule has 5 heteroatoms. The second-order valence-corrected chi connectivity index (χ2v) is 8.45. The van der Waals surface area contributed by atoms with Crippen LogP contribution in [-0.2, 0) is 22.4 Å². The fourth-order valence-corrected chi connectivity index (χ4v) is 3.87. The monoisotopic (exact) mass is 434 g/mol. The molecule has 0 spiro atoms. The fraction of sp³-hybridized carbons (Fsp3) is 0.333. The van der Waals surface area contributed by atoms with E-state index in [2.05, 4.69) is 32.6 Å². The zero-order valence-electron chi connectivity index (χ0n) is 19.5. The van der Waals surface area contributed by atoms with Crippen molar-refractivity contribution in [1.29, 1.82) is 0 Å². The highest BCUT2D eigenvalue weighted by Crippen LogP contribution is 2.45. The van der Waals surface area contributed by atoms with Gasteiger partial charge in [0.2, 0.25) is 0 Å². The number of rotatable bonds is 6. The Kier molecular flexibility index (Phi) is 7.18. The Balaban J connectivity index is 2.19. The summed E-state index contributed by atoms with van der Waals surface area (Å²) >= 11 is 0. The van der Waals surface area contributed by atoms with Crippen molar-refractivity contribution in [2.75, 3.05) is 7.11 Å². The highest BCUT2D eigenvalue weighted by Gasteiger charge is 2.27. The van der Waals surface area contributed by atoms with Gasteiger partial charge in [-0.25, -0.2) is 9.59 Å². The van der Waals surface area contributed by atoms with Crippen molar-refractivity contribution < 1.29 is 23.8 Å². The van der Waals surface area contributed by atoms with Crippen LogP contribution in [0.1, 0.15) is 50.3 Å². The van der Waals surface area contributed by atoms with Crippen molar-refractivity contribution in [3.8, 4) is 11.5 Å². The molecule has 0 N–H and O–H groups in total. The number of benzene rings is 2. The van der Waals surface area contributed by atoms with Gasteiger partial charge in [0.05, 0.1) is 7.11 Å². The first-order valence-corrected chi connectivity index (χ1v) is 10.7. The molecule has 0 atom stereocenters. The van der Waals surface area contributed by atoms with Crippen LogP contribution in [0.4, 0.5) is 4.79 Å². The average molecular weight is 435 g/mol. The summed E-state index contributed by atoms with van der Waals surface area (Å²) in [6.45, 7) is 11.5. The van der Waals surface area contributed by atoms with Crippen LogP contribution in [0.3, 0.4) is 0 Å². The van der Waals surface area contributed by atoms with Crippen LogP contribution in [-0.4, -0.2) is 19.2 Å². The van der Waals surface area contributed by atoms with Gasteiger partial charge < -0.3 is 14.2 Å². The van der Waals surface area contributed by atoms with Gasteiger partial charge in [-0.15, -0.1) is 0 Å². The minimum absolute atomic E-state index is 0.323. The lowest BCUT2D eigenvalue weighted by Gasteiger charge is -2.25. The molecule has 0 radical (unpaired) electrons. The molecule has 0 bridgehead atoms. The van der Waals surface area contributed by atoms with Gasteiger partial charge in [0, 0.05) is 27.5 Å². The Hall–Kier alpha value is -3.34. The topological polar surface area (TPSA) is 61.8 Å². The van der Waals surface area contributed by atoms with E-state index in [1.165, 1.54) is 18.3 Å². The highest BCUT2D eigenvalue weighted by atomic mass is 16.7. The van der Waals surface area contributed by atoms with Crippen molar-refractivity contribution in [3.05, 3.63) is 70.3 Å². The van der Waals surface area contributed by atoms with E-state index in [-0.39, 0.29) is 0 Å². The molecule has 168 valence electrons. The number of aryl methyl sites for hydroxylation is 1. The van der Waals surface area contributed by atoms with E-state index in [0.717, 1.165) is 29.5 Å². The Labute approximate surface area is 189 Å². The third-order valence-electron chi connectivity index (χ3n) is 5.49. The molecule has 0 fully saturated rings. The number of hydrogen-bond acceptors (Lipinski definition) is 5. The number of hydrogen-bond donors (Lipinski definition) is 0. The second kappa shape index (κ2) is 9.86. The molecule has 2 aromatic rings. The SMILES string of the molecule is C=C(C)C(=O)Oc1c2c(c(OC(=O)OC)c3cc(C)ccc13)CC=C(CCC=C(C)C)C2. The third kappa shape index (κ3) is 5.10. The van der Waals surface area contributed by atoms with Gasteiger partial charge in [0.15, 0.2) is 0 Å². The lowest BCUT2D eigenvalue weighted by atomic mass is 9.85. The van der Waals surface area contributed by atoms with Gasteiger partial charge in [-0.1, -0.05) is 47.6 Å². The van der Waals surface area contributed by atoms with Crippen LogP contribution >= 0.6 is 0 Å². The summed E-state index contributed by atoms with van der Waals surface area (Å²) in [4.78, 5) is 24.6. The van der Waals surface area contributed by atoms with Gasteiger partial charge in [-0.2, -0.15) is 0 Å². The van der Waals surface area contributed by atoms with Crippen LogP contribution in [0.15, 0.2) is 53.6 Å². The maximum absolute atomic E-state index is 12.5. The van der Waals surface area contributed by atoms with E-state index in [1.807, 2.05) is 25.1 Å². The number of methoxy groups -OCH3 is 1. The number of carbonyl (C=O) groups is 2. The molecule has 0 saturated heterocycles. The molecule has 3 rings (SSSR count). The molecule has 0 aromatic heterocycles. The maximum Gasteiger partial charge on any atom is 0.513 e. The van der Waals surface area contributed by atoms with Crippen molar-refractivity contribution in [2.45, 2.75) is 53.4 Å². The predicted octanol–water partition coefficient (Wildman–Crippen LogP) is 6.55. The number of carbonyl (C=O) groups excluding carboxylic acids is 2. The van der Waals surface area contributed by atoms with E-state index in [1.54, 1.807) is 6.92 Å². The van der Waals surface area contributed by atoms with Crippen LogP contribution < -0.4 is 9.47 Å². The Morgan fingerprint density at radius 3 is 2.44 bits per heavy atom. The number of ether oxygens (including phenoxy) is 3. The molecular weight excluding hydrogens is 404 g/mol. The van der Waals surface area contributed by atoms with E-state index in [0.29, 0.717) is 40.7 Å². The quantitative estimate of drug-likeness (QED) is 0.170. The third-order valence-corrected chi connectivity index (χ3v) is 5.49. The summed E-state index contributed by atoms with van der Waals surface area (Å²) in [7, 11) is 1.28. The Morgan fingerprint density at radius 2 is 1.78 bits per heavy atom. The zero-order chi connectivity index (χ0) is 23.4. The lowest BCUT2D eigenvalue weighted by molar-refractivity contribution is -0.130. The summed E-state index contributed by atoms with van der Waals surface area (Å²) in [5.41, 5.74) is 5.57. The summed E-state index contributed by atoms with van der Waals surface area (Å²) < 4.78 is 16.3. The molecule has 32 heavy (non-hydrogen) atoms. The highest BCUT2D eigenvalue weighted by molar-refractivity contribution is 6.00. The van der Waals surface area contributed by atoms with Gasteiger partial charge in [-0.05, 0) is 59.4 Å². The number of fused-ring (bicyclic) bond motifs is 2. The first-order valence-electron chi connectivity index (χ1n) is 10.7. The molecule has 0 unspecified atom stereocenters. The minimum atomic E-state index is -0.778. The fourth-order valence-electron chi connectivity index (χ4n) is 3.87. The molecule has 1 aliphatic rings. The van der Waals surface area contributed by atoms with Crippen LogP contribution in [0.2, 0.25) is 0 Å². The molecule has 1 aliphatic carbocycles. The van der Waals surface area contributed by atoms with Crippen molar-refractivity contribution in [3.63, 3.8) is 0 Å². The van der Waals surface area contributed by atoms with Gasteiger partial charge in [0.1, 0.15) is 11.5 Å². The second-order valence-electron chi connectivity index (χ2n) is 8.45. The zero-order valence-corrected chi connectivity index (χ0v) is 19.5. The molecule has 0 aliphatic heterocycles. The van der Waals surface area contributed by atoms with Crippen LogP contribution in [0.5, 0.6) is 11.5 Å². The van der Waals surface area contributed by atoms with Crippen LogP contribution in [0.25, 0.3) is 10.8 Å². The predicted molar refractivity (Wildman–Crippen MR) is 126 cm³/mol.